The molecule has 4 unspecified atom stereocenters. The predicted octanol–water partition coefficient (Wildman–Crippen LogP) is 2.05. The number of nitrogens with one attached hydrogen (secondary N) is 1. The fourth-order valence-electron chi connectivity index (χ4n) is 3.90. The van der Waals surface area contributed by atoms with Crippen LogP contribution in [0.1, 0.15) is 39.5 Å². The highest BCUT2D eigenvalue weighted by atomic mass is 35.5. The second-order valence-electron chi connectivity index (χ2n) is 6.11. The average molecular weight is 340 g/mol. The third kappa shape index (κ3) is 4.98. The number of amides is 1. The fourth-order valence-corrected chi connectivity index (χ4v) is 3.90. The number of hydrogen-bond donors (Lipinski definition) is 2. The summed E-state index contributed by atoms with van der Waals surface area (Å²) in [5.41, 5.74) is 6.19. The quantitative estimate of drug-likeness (QED) is 0.698. The number of hydrogen-bond acceptors (Lipinski definition) is 3. The van der Waals surface area contributed by atoms with Gasteiger partial charge in [-0.2, -0.15) is 0 Å². The molecule has 2 aliphatic carbocycles. The summed E-state index contributed by atoms with van der Waals surface area (Å²) in [4.78, 5) is 14.6. The molecular formula is C15H31Cl2N3O. The molecule has 3 N–H and O–H groups in total. The van der Waals surface area contributed by atoms with Gasteiger partial charge in [-0.05, 0) is 57.2 Å². The molecule has 2 fully saturated rings. The molecule has 126 valence electrons. The second kappa shape index (κ2) is 9.88. The van der Waals surface area contributed by atoms with Gasteiger partial charge in [-0.15, -0.1) is 24.8 Å². The van der Waals surface area contributed by atoms with E-state index >= 15 is 0 Å². The maximum atomic E-state index is 12.2. The molecule has 0 heterocycles. The Labute approximate surface area is 141 Å². The van der Waals surface area contributed by atoms with Crippen LogP contribution in [0.4, 0.5) is 0 Å². The molecule has 1 amide bonds. The lowest BCUT2D eigenvalue weighted by Gasteiger charge is -2.27. The standard InChI is InChI=1S/C15H29N3O.2ClH/c1-3-18(4-2)9-5-8-17-15(19)13-11-6-7-12(10-11)14(13)16;;/h11-14H,3-10,16H2,1-2H3,(H,17,19);2*1H. The minimum Gasteiger partial charge on any atom is -0.356 e. The lowest BCUT2D eigenvalue weighted by Crippen LogP contribution is -2.45. The highest BCUT2D eigenvalue weighted by molar-refractivity contribution is 5.85. The van der Waals surface area contributed by atoms with Gasteiger partial charge < -0.3 is 16.0 Å². The maximum absolute atomic E-state index is 12.2. The topological polar surface area (TPSA) is 58.4 Å². The van der Waals surface area contributed by atoms with Crippen LogP contribution in [0.3, 0.4) is 0 Å². The van der Waals surface area contributed by atoms with E-state index in [1.807, 2.05) is 0 Å². The summed E-state index contributed by atoms with van der Waals surface area (Å²) in [6.07, 6.45) is 4.65. The predicted molar refractivity (Wildman–Crippen MR) is 92.2 cm³/mol. The highest BCUT2D eigenvalue weighted by Gasteiger charge is 2.48. The second-order valence-corrected chi connectivity index (χ2v) is 6.11. The van der Waals surface area contributed by atoms with Crippen molar-refractivity contribution < 1.29 is 4.79 Å². The smallest absolute Gasteiger partial charge is 0.224 e. The van der Waals surface area contributed by atoms with Gasteiger partial charge in [0.2, 0.25) is 5.91 Å². The first-order valence-electron chi connectivity index (χ1n) is 7.93. The number of nitrogens with two attached hydrogens (primary N) is 1. The van der Waals surface area contributed by atoms with E-state index in [-0.39, 0.29) is 42.7 Å². The molecule has 2 saturated carbocycles. The van der Waals surface area contributed by atoms with Crippen LogP contribution in [0.5, 0.6) is 0 Å². The van der Waals surface area contributed by atoms with E-state index in [0.29, 0.717) is 11.8 Å². The summed E-state index contributed by atoms with van der Waals surface area (Å²) in [5.74, 6) is 1.46. The van der Waals surface area contributed by atoms with Crippen molar-refractivity contribution in [2.45, 2.75) is 45.6 Å². The van der Waals surface area contributed by atoms with Gasteiger partial charge in [-0.25, -0.2) is 0 Å². The van der Waals surface area contributed by atoms with Gasteiger partial charge in [0.1, 0.15) is 0 Å². The van der Waals surface area contributed by atoms with E-state index in [0.717, 1.165) is 32.6 Å². The molecule has 4 nitrogen and oxygen atoms in total. The van der Waals surface area contributed by atoms with Crippen molar-refractivity contribution in [1.29, 1.82) is 0 Å². The SMILES string of the molecule is CCN(CC)CCCNC(=O)C1C2CCC(C2)C1N.Cl.Cl. The van der Waals surface area contributed by atoms with Gasteiger partial charge in [0.05, 0.1) is 5.92 Å². The summed E-state index contributed by atoms with van der Waals surface area (Å²) < 4.78 is 0. The Bertz CT molecular complexity index is 311. The number of carbonyl (C=O) groups excluding carboxylic acids is 1. The fraction of sp³-hybridized carbons (Fsp3) is 0.933. The molecule has 0 radical (unpaired) electrons. The molecule has 21 heavy (non-hydrogen) atoms. The van der Waals surface area contributed by atoms with Crippen molar-refractivity contribution in [3.63, 3.8) is 0 Å². The van der Waals surface area contributed by atoms with Gasteiger partial charge in [0.15, 0.2) is 0 Å². The zero-order valence-electron chi connectivity index (χ0n) is 13.2. The normalized spacial score (nSPS) is 29.9. The number of carbonyl (C=O) groups is 1. The van der Waals surface area contributed by atoms with Crippen molar-refractivity contribution in [2.75, 3.05) is 26.2 Å². The van der Waals surface area contributed by atoms with E-state index in [9.17, 15) is 4.79 Å². The molecule has 0 aliphatic heterocycles. The third-order valence-electron chi connectivity index (χ3n) is 5.13. The maximum Gasteiger partial charge on any atom is 0.224 e. The van der Waals surface area contributed by atoms with Crippen molar-refractivity contribution in [3.8, 4) is 0 Å². The van der Waals surface area contributed by atoms with Crippen LogP contribution in [-0.2, 0) is 4.79 Å². The first kappa shape index (κ1) is 21.0. The Balaban J connectivity index is 0.00000200. The van der Waals surface area contributed by atoms with Gasteiger partial charge in [-0.3, -0.25) is 4.79 Å². The minimum absolute atomic E-state index is 0. The first-order chi connectivity index (χ1) is 9.17. The van der Waals surface area contributed by atoms with E-state index in [4.69, 9.17) is 5.73 Å². The summed E-state index contributed by atoms with van der Waals surface area (Å²) in [5, 5.41) is 3.10. The van der Waals surface area contributed by atoms with Crippen LogP contribution in [0.25, 0.3) is 0 Å². The summed E-state index contributed by atoms with van der Waals surface area (Å²) >= 11 is 0. The number of nitrogens with zero attached hydrogens (tertiary/aromatic N) is 1. The largest absolute Gasteiger partial charge is 0.356 e. The van der Waals surface area contributed by atoms with Crippen molar-refractivity contribution in [3.05, 3.63) is 0 Å². The molecule has 6 heteroatoms. The molecule has 2 rings (SSSR count). The third-order valence-corrected chi connectivity index (χ3v) is 5.13. The summed E-state index contributed by atoms with van der Waals surface area (Å²) in [6, 6.07) is 0.113. The number of fused-ring (bicyclic) bond motifs is 2. The van der Waals surface area contributed by atoms with Gasteiger partial charge in [0, 0.05) is 12.6 Å². The molecule has 0 spiro atoms. The van der Waals surface area contributed by atoms with Crippen molar-refractivity contribution in [1.82, 2.24) is 10.2 Å². The molecule has 0 aromatic rings. The van der Waals surface area contributed by atoms with Crippen LogP contribution < -0.4 is 11.1 Å². The number of halogens is 2. The molecule has 4 atom stereocenters. The van der Waals surface area contributed by atoms with Crippen LogP contribution in [0, 0.1) is 17.8 Å². The van der Waals surface area contributed by atoms with Crippen molar-refractivity contribution >= 4 is 30.7 Å². The van der Waals surface area contributed by atoms with Gasteiger partial charge in [0.25, 0.3) is 0 Å². The van der Waals surface area contributed by atoms with Crippen LogP contribution in [-0.4, -0.2) is 43.0 Å². The van der Waals surface area contributed by atoms with Crippen molar-refractivity contribution in [2.24, 2.45) is 23.5 Å². The Hall–Kier alpha value is -0.0300. The van der Waals surface area contributed by atoms with E-state index in [1.54, 1.807) is 0 Å². The molecule has 0 aromatic heterocycles. The molecule has 0 saturated heterocycles. The van der Waals surface area contributed by atoms with Gasteiger partial charge >= 0.3 is 0 Å². The monoisotopic (exact) mass is 339 g/mol. The minimum atomic E-state index is 0. The van der Waals surface area contributed by atoms with Crippen LogP contribution >= 0.6 is 24.8 Å². The zero-order chi connectivity index (χ0) is 13.8. The lowest BCUT2D eigenvalue weighted by molar-refractivity contribution is -0.127. The van der Waals surface area contributed by atoms with E-state index in [2.05, 4.69) is 24.1 Å². The molecule has 0 aromatic carbocycles. The Morgan fingerprint density at radius 3 is 2.33 bits per heavy atom. The van der Waals surface area contributed by atoms with Crippen LogP contribution in [0.15, 0.2) is 0 Å². The average Bonchev–Trinajstić information content (AvgIpc) is 2.99. The van der Waals surface area contributed by atoms with Crippen LogP contribution in [0.2, 0.25) is 0 Å². The Morgan fingerprint density at radius 1 is 1.19 bits per heavy atom. The summed E-state index contributed by atoms with van der Waals surface area (Å²) in [7, 11) is 0. The van der Waals surface area contributed by atoms with Gasteiger partial charge in [-0.1, -0.05) is 13.8 Å². The molecule has 2 aliphatic rings. The summed E-state index contributed by atoms with van der Waals surface area (Å²) in [6.45, 7) is 8.38. The Morgan fingerprint density at radius 2 is 1.81 bits per heavy atom. The van der Waals surface area contributed by atoms with E-state index in [1.165, 1.54) is 19.3 Å². The first-order valence-corrected chi connectivity index (χ1v) is 7.93. The number of rotatable bonds is 7. The zero-order valence-corrected chi connectivity index (χ0v) is 14.8. The highest BCUT2D eigenvalue weighted by Crippen LogP contribution is 2.47. The van der Waals surface area contributed by atoms with E-state index < -0.39 is 0 Å². The molecule has 2 bridgehead atoms. The molecular weight excluding hydrogens is 309 g/mol. The lowest BCUT2D eigenvalue weighted by atomic mass is 9.84. The Kier molecular flexibility index (Phi) is 9.87.